The van der Waals surface area contributed by atoms with Crippen LogP contribution in [0.2, 0.25) is 0 Å². The van der Waals surface area contributed by atoms with Crippen LogP contribution in [-0.2, 0) is 32.0 Å². The minimum atomic E-state index is -2.47. The summed E-state index contributed by atoms with van der Waals surface area (Å²) in [6.45, 7) is 4.50. The van der Waals surface area contributed by atoms with Crippen LogP contribution in [0.15, 0.2) is 97.1 Å². The lowest BCUT2D eigenvalue weighted by molar-refractivity contribution is -0.134. The van der Waals surface area contributed by atoms with Crippen LogP contribution in [0.5, 0.6) is 23.0 Å². The Balaban J connectivity index is 0.000000376. The molecule has 0 radical (unpaired) electrons. The summed E-state index contributed by atoms with van der Waals surface area (Å²) in [5, 5.41) is 66.8. The molecule has 0 heterocycles. The van der Waals surface area contributed by atoms with Gasteiger partial charge in [0, 0.05) is 37.3 Å². The van der Waals surface area contributed by atoms with Crippen LogP contribution in [0.25, 0.3) is 0 Å². The number of ether oxygens (including phenoxy) is 2. The summed E-state index contributed by atoms with van der Waals surface area (Å²) in [6.07, 6.45) is 1.75. The number of carboxylic acids is 2. The van der Waals surface area contributed by atoms with Crippen molar-refractivity contribution in [2.24, 2.45) is 0 Å². The number of carbonyl (C=O) groups is 4. The summed E-state index contributed by atoms with van der Waals surface area (Å²) >= 11 is 0. The van der Waals surface area contributed by atoms with E-state index in [1.807, 2.05) is 13.8 Å². The van der Waals surface area contributed by atoms with Gasteiger partial charge in [-0.1, -0.05) is 36.4 Å². The number of aliphatic hydroxyl groups excluding tert-OH is 2. The van der Waals surface area contributed by atoms with E-state index in [2.05, 4.69) is 21.3 Å². The molecule has 0 bridgehead atoms. The molecule has 0 aliphatic rings. The van der Waals surface area contributed by atoms with Gasteiger partial charge in [-0.2, -0.15) is 0 Å². The van der Waals surface area contributed by atoms with Gasteiger partial charge in [0.2, 0.25) is 12.8 Å². The van der Waals surface area contributed by atoms with Crippen molar-refractivity contribution in [3.8, 4) is 23.0 Å². The average Bonchev–Trinajstić information content (AvgIpc) is 3.21. The van der Waals surface area contributed by atoms with E-state index >= 15 is 0 Å². The normalized spacial score (nSPS) is 14.6. The van der Waals surface area contributed by atoms with Gasteiger partial charge in [-0.05, 0) is 97.5 Å². The summed E-state index contributed by atoms with van der Waals surface area (Å²) in [6, 6.07) is 22.8. The fraction of sp³-hybridized carbons (Fsp3) is 0.286. The van der Waals surface area contributed by atoms with E-state index in [4.69, 9.17) is 27.9 Å². The first-order valence-corrected chi connectivity index (χ1v) is 17.6. The van der Waals surface area contributed by atoms with Crippen LogP contribution < -0.4 is 30.7 Å². The molecule has 58 heavy (non-hydrogen) atoms. The van der Waals surface area contributed by atoms with Crippen molar-refractivity contribution in [2.75, 3.05) is 37.8 Å². The van der Waals surface area contributed by atoms with E-state index in [1.54, 1.807) is 60.7 Å². The minimum absolute atomic E-state index is 0.0497. The Labute approximate surface area is 345 Å². The first kappa shape index (κ1) is 38.4. The number of hydrogen-bond acceptors (Lipinski definition) is 12. The van der Waals surface area contributed by atoms with Crippen molar-refractivity contribution in [3.63, 3.8) is 0 Å². The molecule has 4 aromatic rings. The molecule has 2 amide bonds. The highest BCUT2D eigenvalue weighted by Crippen LogP contribution is 2.28. The van der Waals surface area contributed by atoms with Crippen LogP contribution in [-0.4, -0.2) is 94.6 Å². The number of carboxylic acid groups (broad SMARTS) is 2. The molecule has 4 atom stereocenters. The quantitative estimate of drug-likeness (QED) is 0.0260. The SMILES string of the molecule is O=C(O)/C=C/C(=O)O.[2H][13C]([2H])([2H])Oc1ccc(C[C@@H](C)NC[C@H](O)c2ccc(O)c(NC=O)c2)cc1.[2H][13C]([2H])([2H])Oc1ccc(C[C@@H](C)NC[C@H](O)c2ccc(O)c(NC=O)c2)cc1. The molecule has 0 aromatic heterocycles. The second kappa shape index (κ2) is 25.6. The third-order valence-corrected chi connectivity index (χ3v) is 8.09. The van der Waals surface area contributed by atoms with Gasteiger partial charge in [0.15, 0.2) is 0 Å². The number of phenols is 2. The van der Waals surface area contributed by atoms with Crippen molar-refractivity contribution >= 4 is 36.1 Å². The number of amides is 2. The number of aromatic hydroxyl groups is 2. The fourth-order valence-corrected chi connectivity index (χ4v) is 5.12. The van der Waals surface area contributed by atoms with Gasteiger partial charge in [-0.25, -0.2) is 9.59 Å². The maximum absolute atomic E-state index is 10.6. The maximum Gasteiger partial charge on any atom is 0.328 e. The van der Waals surface area contributed by atoms with E-state index in [-0.39, 0.29) is 59.5 Å². The average molecular weight is 813 g/mol. The lowest BCUT2D eigenvalue weighted by Crippen LogP contribution is -2.32. The Morgan fingerprint density at radius 1 is 0.638 bits per heavy atom. The summed E-state index contributed by atoms with van der Waals surface area (Å²) < 4.78 is 52.2. The van der Waals surface area contributed by atoms with Crippen LogP contribution in [0.1, 0.15) is 56.5 Å². The maximum atomic E-state index is 10.6. The van der Waals surface area contributed by atoms with Crippen LogP contribution in [0.4, 0.5) is 11.4 Å². The Hall–Kier alpha value is -6.46. The zero-order valence-corrected chi connectivity index (χ0v) is 31.7. The van der Waals surface area contributed by atoms with Crippen LogP contribution >= 0.6 is 0 Å². The van der Waals surface area contributed by atoms with Crippen LogP contribution in [0, 0.1) is 0 Å². The van der Waals surface area contributed by atoms with E-state index in [9.17, 15) is 39.6 Å². The summed E-state index contributed by atoms with van der Waals surface area (Å²) in [5.41, 5.74) is 3.59. The Morgan fingerprint density at radius 3 is 1.31 bits per heavy atom. The first-order chi connectivity index (χ1) is 30.0. The Morgan fingerprint density at radius 2 is 1.00 bits per heavy atom. The number of anilines is 2. The summed E-state index contributed by atoms with van der Waals surface area (Å²) in [5.74, 6) is -2.09. The molecule has 0 saturated heterocycles. The lowest BCUT2D eigenvalue weighted by atomic mass is 10.1. The largest absolute Gasteiger partial charge is 0.506 e. The summed E-state index contributed by atoms with van der Waals surface area (Å²) in [4.78, 5) is 40.2. The molecular formula is C42H52N4O12. The molecule has 4 aromatic carbocycles. The highest BCUT2D eigenvalue weighted by atomic mass is 16.5. The number of nitrogens with one attached hydrogen (secondary N) is 4. The topological polar surface area (TPSA) is 256 Å². The highest BCUT2D eigenvalue weighted by molar-refractivity contribution is 5.89. The van der Waals surface area contributed by atoms with Gasteiger partial charge < -0.3 is 61.4 Å². The molecule has 16 nitrogen and oxygen atoms in total. The predicted molar refractivity (Wildman–Crippen MR) is 218 cm³/mol. The zero-order valence-electron chi connectivity index (χ0n) is 37.7. The number of aliphatic carboxylic acids is 2. The Kier molecular flexibility index (Phi) is 17.0. The molecular weight excluding hydrogens is 754 g/mol. The molecule has 0 saturated carbocycles. The third kappa shape index (κ3) is 18.0. The number of benzene rings is 4. The highest BCUT2D eigenvalue weighted by Gasteiger charge is 2.14. The molecule has 0 spiro atoms. The van der Waals surface area contributed by atoms with Crippen molar-refractivity contribution in [1.82, 2.24) is 10.6 Å². The van der Waals surface area contributed by atoms with E-state index in [1.165, 1.54) is 24.3 Å². The number of phenolic OH excluding ortho intramolecular Hbond substituents is 2. The van der Waals surface area contributed by atoms with Gasteiger partial charge in [0.1, 0.15) is 23.0 Å². The standard InChI is InChI=1S/2C19H24N2O4.C4H4O4/c2*1-13(9-14-3-6-16(25-2)7-4-14)20-11-19(24)15-5-8-18(23)17(10-15)21-12-22;5-3(6)1-2-4(7)8/h2*3-8,10,12-13,19-20,23-24H,9,11H2,1-2H3,(H,21,22);1-2H,(H,5,6)(H,7,8)/b;;2-1+/t2*13-,19+;/m11./s1/i2*2+1D3;. The number of aliphatic hydroxyl groups is 2. The molecule has 10 N–H and O–H groups in total. The molecule has 16 heteroatoms. The van der Waals surface area contributed by atoms with Crippen molar-refractivity contribution < 1.29 is 67.5 Å². The van der Waals surface area contributed by atoms with Gasteiger partial charge in [0.05, 0.1) is 45.9 Å². The van der Waals surface area contributed by atoms with Gasteiger partial charge in [0.25, 0.3) is 0 Å². The fourth-order valence-electron chi connectivity index (χ4n) is 5.12. The van der Waals surface area contributed by atoms with E-state index < -0.39 is 38.2 Å². The molecule has 0 unspecified atom stereocenters. The predicted octanol–water partition coefficient (Wildman–Crippen LogP) is 4.16. The number of carbonyl (C=O) groups excluding carboxylic acids is 2. The van der Waals surface area contributed by atoms with Crippen molar-refractivity contribution in [3.05, 3.63) is 119 Å². The zero-order chi connectivity index (χ0) is 48.0. The van der Waals surface area contributed by atoms with E-state index in [0.717, 1.165) is 11.1 Å². The van der Waals surface area contributed by atoms with E-state index in [0.29, 0.717) is 48.9 Å². The number of hydrogen-bond donors (Lipinski definition) is 10. The van der Waals surface area contributed by atoms with Gasteiger partial charge >= 0.3 is 11.9 Å². The first-order valence-electron chi connectivity index (χ1n) is 20.6. The number of rotatable bonds is 20. The molecule has 0 aliphatic heterocycles. The molecule has 4 rings (SSSR count). The molecule has 312 valence electrons. The number of methoxy groups -OCH3 is 2. The van der Waals surface area contributed by atoms with Gasteiger partial charge in [-0.15, -0.1) is 0 Å². The molecule has 0 aliphatic carbocycles. The monoisotopic (exact) mass is 812 g/mol. The minimum Gasteiger partial charge on any atom is -0.506 e. The Bertz CT molecular complexity index is 1970. The molecule has 0 fully saturated rings. The van der Waals surface area contributed by atoms with Gasteiger partial charge in [-0.3, -0.25) is 9.59 Å². The third-order valence-electron chi connectivity index (χ3n) is 8.09. The lowest BCUT2D eigenvalue weighted by Gasteiger charge is -2.18. The van der Waals surface area contributed by atoms with Crippen molar-refractivity contribution in [1.29, 1.82) is 0 Å². The van der Waals surface area contributed by atoms with Crippen LogP contribution in [0.3, 0.4) is 0 Å². The second-order valence-corrected chi connectivity index (χ2v) is 12.6. The second-order valence-electron chi connectivity index (χ2n) is 12.6. The van der Waals surface area contributed by atoms with Crippen molar-refractivity contribution in [2.45, 2.75) is 51.0 Å². The smallest absolute Gasteiger partial charge is 0.328 e. The summed E-state index contributed by atoms with van der Waals surface area (Å²) in [7, 11) is -4.94.